The molecule has 3 fully saturated rings. The minimum Gasteiger partial charge on any atom is -0.308 e. The molecule has 0 amide bonds. The van der Waals surface area contributed by atoms with Crippen molar-refractivity contribution in [2.24, 2.45) is 0 Å². The highest BCUT2D eigenvalue weighted by Gasteiger charge is 2.48. The van der Waals surface area contributed by atoms with Crippen LogP contribution < -0.4 is 5.32 Å². The summed E-state index contributed by atoms with van der Waals surface area (Å²) in [4.78, 5) is 2.77. The predicted octanol–water partition coefficient (Wildman–Crippen LogP) is 3.09. The van der Waals surface area contributed by atoms with Gasteiger partial charge in [-0.1, -0.05) is 38.2 Å². The van der Waals surface area contributed by atoms with E-state index in [-0.39, 0.29) is 0 Å². The molecule has 0 aromatic carbocycles. The van der Waals surface area contributed by atoms with Crippen molar-refractivity contribution in [1.29, 1.82) is 0 Å². The van der Waals surface area contributed by atoms with Gasteiger partial charge in [0.1, 0.15) is 0 Å². The minimum absolute atomic E-state index is 0.440. The first-order chi connectivity index (χ1) is 8.79. The molecule has 0 unspecified atom stereocenters. The molecule has 1 heterocycles. The molecule has 1 saturated heterocycles. The summed E-state index contributed by atoms with van der Waals surface area (Å²) in [5, 5.41) is 3.98. The number of hydrogen-bond donors (Lipinski definition) is 1. The Bertz CT molecular complexity index is 298. The zero-order valence-corrected chi connectivity index (χ0v) is 11.7. The van der Waals surface area contributed by atoms with E-state index in [2.05, 4.69) is 22.9 Å². The lowest BCUT2D eigenvalue weighted by Crippen LogP contribution is -2.69. The fourth-order valence-corrected chi connectivity index (χ4v) is 4.56. The van der Waals surface area contributed by atoms with Crippen molar-refractivity contribution in [2.75, 3.05) is 19.6 Å². The Morgan fingerprint density at radius 3 is 2.33 bits per heavy atom. The molecular weight excluding hydrogens is 220 g/mol. The number of nitrogens with zero attached hydrogens (tertiary/aromatic N) is 1. The predicted molar refractivity (Wildman–Crippen MR) is 76.8 cm³/mol. The Morgan fingerprint density at radius 2 is 1.67 bits per heavy atom. The van der Waals surface area contributed by atoms with E-state index in [0.29, 0.717) is 11.1 Å². The second-order valence-corrected chi connectivity index (χ2v) is 6.80. The van der Waals surface area contributed by atoms with Gasteiger partial charge in [0, 0.05) is 30.7 Å². The van der Waals surface area contributed by atoms with Gasteiger partial charge in [0.2, 0.25) is 0 Å². The van der Waals surface area contributed by atoms with Crippen LogP contribution in [0.2, 0.25) is 0 Å². The Kier molecular flexibility index (Phi) is 3.50. The molecule has 0 radical (unpaired) electrons. The number of hydrogen-bond acceptors (Lipinski definition) is 2. The smallest absolute Gasteiger partial charge is 0.0338 e. The van der Waals surface area contributed by atoms with Crippen LogP contribution in [0.5, 0.6) is 0 Å². The molecule has 0 aromatic heterocycles. The lowest BCUT2D eigenvalue weighted by Gasteiger charge is -2.54. The van der Waals surface area contributed by atoms with Crippen LogP contribution in [0.3, 0.4) is 0 Å². The first-order valence-electron chi connectivity index (χ1n) is 7.90. The maximum atomic E-state index is 3.98. The van der Waals surface area contributed by atoms with E-state index >= 15 is 0 Å². The molecular formula is C16H28N2. The van der Waals surface area contributed by atoms with Gasteiger partial charge >= 0.3 is 0 Å². The topological polar surface area (TPSA) is 15.3 Å². The van der Waals surface area contributed by atoms with Gasteiger partial charge < -0.3 is 5.32 Å². The van der Waals surface area contributed by atoms with Gasteiger partial charge in [0.05, 0.1) is 0 Å². The minimum atomic E-state index is 0.440. The molecule has 2 heteroatoms. The van der Waals surface area contributed by atoms with E-state index in [9.17, 15) is 0 Å². The SMILES string of the molecule is C=CCN1CC2(CCCCC2)NCC12CCCC2. The summed E-state index contributed by atoms with van der Waals surface area (Å²) in [6.07, 6.45) is 14.8. The number of nitrogens with one attached hydrogen (secondary N) is 1. The molecule has 1 N–H and O–H groups in total. The summed E-state index contributed by atoms with van der Waals surface area (Å²) in [6, 6.07) is 0. The van der Waals surface area contributed by atoms with Crippen LogP contribution in [0.15, 0.2) is 12.7 Å². The summed E-state index contributed by atoms with van der Waals surface area (Å²) < 4.78 is 0. The average molecular weight is 248 g/mol. The first kappa shape index (κ1) is 12.7. The molecule has 2 saturated carbocycles. The number of rotatable bonds is 2. The van der Waals surface area contributed by atoms with Crippen LogP contribution in [0, 0.1) is 0 Å². The quantitative estimate of drug-likeness (QED) is 0.756. The van der Waals surface area contributed by atoms with Crippen LogP contribution in [0.1, 0.15) is 57.8 Å². The second-order valence-electron chi connectivity index (χ2n) is 6.80. The Morgan fingerprint density at radius 1 is 1.00 bits per heavy atom. The van der Waals surface area contributed by atoms with Gasteiger partial charge in [-0.05, 0) is 25.7 Å². The molecule has 3 rings (SSSR count). The van der Waals surface area contributed by atoms with Gasteiger partial charge in [0.15, 0.2) is 0 Å². The molecule has 2 nitrogen and oxygen atoms in total. The van der Waals surface area contributed by atoms with E-state index in [1.807, 2.05) is 0 Å². The second kappa shape index (κ2) is 4.97. The van der Waals surface area contributed by atoms with E-state index in [1.165, 1.54) is 70.9 Å². The third-order valence-corrected chi connectivity index (χ3v) is 5.65. The van der Waals surface area contributed by atoms with Crippen molar-refractivity contribution in [3.63, 3.8) is 0 Å². The summed E-state index contributed by atoms with van der Waals surface area (Å²) >= 11 is 0. The summed E-state index contributed by atoms with van der Waals surface area (Å²) in [6.45, 7) is 7.55. The van der Waals surface area contributed by atoms with Crippen molar-refractivity contribution in [2.45, 2.75) is 68.9 Å². The van der Waals surface area contributed by atoms with Crippen LogP contribution in [-0.2, 0) is 0 Å². The van der Waals surface area contributed by atoms with Crippen molar-refractivity contribution in [3.05, 3.63) is 12.7 Å². The lowest BCUT2D eigenvalue weighted by molar-refractivity contribution is 0.00248. The molecule has 18 heavy (non-hydrogen) atoms. The zero-order chi connectivity index (χ0) is 12.5. The van der Waals surface area contributed by atoms with Crippen molar-refractivity contribution >= 4 is 0 Å². The lowest BCUT2D eigenvalue weighted by atomic mass is 9.76. The summed E-state index contributed by atoms with van der Waals surface area (Å²) in [5.74, 6) is 0. The fraction of sp³-hybridized carbons (Fsp3) is 0.875. The standard InChI is InChI=1S/C16H28N2/c1-2-12-18-14-15(8-4-3-5-9-15)17-13-16(18)10-6-7-11-16/h2,17H,1,3-14H2. The third kappa shape index (κ3) is 2.14. The Balaban J connectivity index is 1.76. The molecule has 1 aliphatic heterocycles. The average Bonchev–Trinajstić information content (AvgIpc) is 2.86. The first-order valence-corrected chi connectivity index (χ1v) is 7.90. The van der Waals surface area contributed by atoms with E-state index < -0.39 is 0 Å². The Hall–Kier alpha value is -0.340. The molecule has 2 aliphatic carbocycles. The maximum absolute atomic E-state index is 3.98. The summed E-state index contributed by atoms with van der Waals surface area (Å²) in [5.41, 5.74) is 0.909. The van der Waals surface area contributed by atoms with Crippen LogP contribution >= 0.6 is 0 Å². The summed E-state index contributed by atoms with van der Waals surface area (Å²) in [7, 11) is 0. The number of piperazine rings is 1. The molecule has 2 spiro atoms. The molecule has 0 bridgehead atoms. The zero-order valence-electron chi connectivity index (χ0n) is 11.7. The van der Waals surface area contributed by atoms with Gasteiger partial charge in [-0.2, -0.15) is 0 Å². The maximum Gasteiger partial charge on any atom is 0.0338 e. The van der Waals surface area contributed by atoms with Gasteiger partial charge in [-0.3, -0.25) is 4.90 Å². The van der Waals surface area contributed by atoms with Crippen molar-refractivity contribution < 1.29 is 0 Å². The molecule has 102 valence electrons. The normalized spacial score (nSPS) is 30.9. The highest BCUT2D eigenvalue weighted by molar-refractivity contribution is 5.08. The van der Waals surface area contributed by atoms with Crippen LogP contribution in [-0.4, -0.2) is 35.6 Å². The Labute approximate surface area is 112 Å². The van der Waals surface area contributed by atoms with Crippen molar-refractivity contribution in [3.8, 4) is 0 Å². The van der Waals surface area contributed by atoms with Gasteiger partial charge in [0.25, 0.3) is 0 Å². The third-order valence-electron chi connectivity index (χ3n) is 5.65. The molecule has 0 aromatic rings. The van der Waals surface area contributed by atoms with Gasteiger partial charge in [-0.25, -0.2) is 0 Å². The van der Waals surface area contributed by atoms with Crippen molar-refractivity contribution in [1.82, 2.24) is 10.2 Å². The van der Waals surface area contributed by atoms with E-state index in [4.69, 9.17) is 0 Å². The fourth-order valence-electron chi connectivity index (χ4n) is 4.56. The van der Waals surface area contributed by atoms with Crippen LogP contribution in [0.25, 0.3) is 0 Å². The van der Waals surface area contributed by atoms with E-state index in [0.717, 1.165) is 6.54 Å². The monoisotopic (exact) mass is 248 g/mol. The highest BCUT2D eigenvalue weighted by Crippen LogP contribution is 2.41. The van der Waals surface area contributed by atoms with Crippen LogP contribution in [0.4, 0.5) is 0 Å². The van der Waals surface area contributed by atoms with E-state index in [1.54, 1.807) is 0 Å². The molecule has 3 aliphatic rings. The molecule has 0 atom stereocenters. The largest absolute Gasteiger partial charge is 0.308 e. The highest BCUT2D eigenvalue weighted by atomic mass is 15.3. The van der Waals surface area contributed by atoms with Gasteiger partial charge in [-0.15, -0.1) is 6.58 Å².